The van der Waals surface area contributed by atoms with Gasteiger partial charge in [0.05, 0.1) is 11.6 Å². The number of anilines is 1. The molecule has 0 unspecified atom stereocenters. The maximum absolute atomic E-state index is 11.5. The summed E-state index contributed by atoms with van der Waals surface area (Å²) in [4.78, 5) is 11.5. The number of amides is 1. The number of hydrogen-bond acceptors (Lipinski definition) is 4. The Morgan fingerprint density at radius 3 is 2.73 bits per heavy atom. The number of nitrogens with one attached hydrogen (secondary N) is 1. The Bertz CT molecular complexity index is 776. The van der Waals surface area contributed by atoms with Crippen molar-refractivity contribution in [3.05, 3.63) is 71.3 Å². The van der Waals surface area contributed by atoms with Crippen LogP contribution in [0.2, 0.25) is 0 Å². The predicted octanol–water partition coefficient (Wildman–Crippen LogP) is 2.25. The largest absolute Gasteiger partial charge is 0.398 e. The van der Waals surface area contributed by atoms with Crippen molar-refractivity contribution in [1.82, 2.24) is 5.48 Å². The van der Waals surface area contributed by atoms with Crippen LogP contribution in [0.4, 0.5) is 5.69 Å². The molecule has 5 heteroatoms. The standard InChI is InChI=1S/C17H15N3O2/c1-11(17(21)20-22)15-7-3-6-14(16(15)19)9-12-4-2-5-13(8-12)10-18/h2-8,22H,1,9,19H2,(H,20,21). The second-order valence-electron chi connectivity index (χ2n) is 4.79. The summed E-state index contributed by atoms with van der Waals surface area (Å²) in [6, 6.07) is 14.6. The molecule has 0 aliphatic carbocycles. The fourth-order valence-corrected chi connectivity index (χ4v) is 2.19. The molecule has 110 valence electrons. The van der Waals surface area contributed by atoms with Crippen LogP contribution in [-0.4, -0.2) is 11.1 Å². The van der Waals surface area contributed by atoms with Crippen molar-refractivity contribution in [1.29, 1.82) is 5.26 Å². The maximum Gasteiger partial charge on any atom is 0.274 e. The minimum atomic E-state index is -0.699. The number of carbonyl (C=O) groups excluding carboxylic acids is 1. The summed E-state index contributed by atoms with van der Waals surface area (Å²) in [7, 11) is 0. The molecule has 0 saturated heterocycles. The van der Waals surface area contributed by atoms with Gasteiger partial charge in [-0.15, -0.1) is 0 Å². The third-order valence-electron chi connectivity index (χ3n) is 3.35. The Hall–Kier alpha value is -3.10. The number of hydrogen-bond donors (Lipinski definition) is 3. The number of nitrogens with two attached hydrogens (primary N) is 1. The molecule has 0 radical (unpaired) electrons. The van der Waals surface area contributed by atoms with Crippen LogP contribution in [0.25, 0.3) is 5.57 Å². The molecule has 2 aromatic rings. The minimum Gasteiger partial charge on any atom is -0.398 e. The van der Waals surface area contributed by atoms with Gasteiger partial charge in [-0.1, -0.05) is 36.9 Å². The van der Waals surface area contributed by atoms with Crippen LogP contribution in [0.15, 0.2) is 49.0 Å². The van der Waals surface area contributed by atoms with Crippen molar-refractivity contribution in [3.8, 4) is 6.07 Å². The molecule has 0 atom stereocenters. The molecule has 1 amide bonds. The normalized spacial score (nSPS) is 9.82. The van der Waals surface area contributed by atoms with E-state index in [1.807, 2.05) is 18.2 Å². The third kappa shape index (κ3) is 3.14. The van der Waals surface area contributed by atoms with Gasteiger partial charge < -0.3 is 5.73 Å². The van der Waals surface area contributed by atoms with Crippen molar-refractivity contribution < 1.29 is 10.0 Å². The molecule has 4 N–H and O–H groups in total. The summed E-state index contributed by atoms with van der Waals surface area (Å²) in [6.45, 7) is 3.64. The fourth-order valence-electron chi connectivity index (χ4n) is 2.19. The summed E-state index contributed by atoms with van der Waals surface area (Å²) in [6.07, 6.45) is 0.531. The first-order chi connectivity index (χ1) is 10.6. The van der Waals surface area contributed by atoms with E-state index in [-0.39, 0.29) is 5.57 Å². The number of para-hydroxylation sites is 1. The van der Waals surface area contributed by atoms with E-state index in [1.165, 1.54) is 0 Å². The van der Waals surface area contributed by atoms with Gasteiger partial charge in [0.1, 0.15) is 0 Å². The van der Waals surface area contributed by atoms with Crippen molar-refractivity contribution in [3.63, 3.8) is 0 Å². The molecule has 0 bridgehead atoms. The number of benzene rings is 2. The van der Waals surface area contributed by atoms with Gasteiger partial charge in [-0.2, -0.15) is 5.26 Å². The van der Waals surface area contributed by atoms with Gasteiger partial charge in [0.15, 0.2) is 0 Å². The van der Waals surface area contributed by atoms with E-state index in [1.54, 1.807) is 29.7 Å². The van der Waals surface area contributed by atoms with Gasteiger partial charge >= 0.3 is 0 Å². The van der Waals surface area contributed by atoms with E-state index < -0.39 is 5.91 Å². The number of nitrogen functional groups attached to an aromatic ring is 1. The number of rotatable bonds is 4. The molecule has 0 heterocycles. The topological polar surface area (TPSA) is 99.1 Å². The zero-order chi connectivity index (χ0) is 16.1. The molecule has 0 aliphatic rings. The summed E-state index contributed by atoms with van der Waals surface area (Å²) in [5, 5.41) is 17.6. The van der Waals surface area contributed by atoms with E-state index in [2.05, 4.69) is 12.6 Å². The maximum atomic E-state index is 11.5. The number of hydroxylamine groups is 1. The molecule has 0 fully saturated rings. The molecule has 2 rings (SSSR count). The van der Waals surface area contributed by atoms with Crippen LogP contribution in [0.3, 0.4) is 0 Å². The molecule has 22 heavy (non-hydrogen) atoms. The monoisotopic (exact) mass is 293 g/mol. The first-order valence-corrected chi connectivity index (χ1v) is 6.57. The predicted molar refractivity (Wildman–Crippen MR) is 83.8 cm³/mol. The van der Waals surface area contributed by atoms with Crippen LogP contribution in [0.5, 0.6) is 0 Å². The van der Waals surface area contributed by atoms with Gasteiger partial charge in [0, 0.05) is 16.8 Å². The van der Waals surface area contributed by atoms with Crippen molar-refractivity contribution in [2.45, 2.75) is 6.42 Å². The van der Waals surface area contributed by atoms with Gasteiger partial charge in [-0.3, -0.25) is 10.0 Å². The molecule has 0 aromatic heterocycles. The number of nitriles is 1. The van der Waals surface area contributed by atoms with Crippen LogP contribution in [0, 0.1) is 11.3 Å². The lowest BCUT2D eigenvalue weighted by molar-refractivity contribution is -0.123. The average Bonchev–Trinajstić information content (AvgIpc) is 2.55. The van der Waals surface area contributed by atoms with E-state index in [0.29, 0.717) is 23.2 Å². The lowest BCUT2D eigenvalue weighted by atomic mass is 9.96. The fraction of sp³-hybridized carbons (Fsp3) is 0.0588. The molecular formula is C17H15N3O2. The zero-order valence-corrected chi connectivity index (χ0v) is 11.8. The lowest BCUT2D eigenvalue weighted by Gasteiger charge is -2.12. The smallest absolute Gasteiger partial charge is 0.274 e. The highest BCUT2D eigenvalue weighted by molar-refractivity contribution is 6.19. The highest BCUT2D eigenvalue weighted by atomic mass is 16.5. The van der Waals surface area contributed by atoms with Crippen molar-refractivity contribution in [2.24, 2.45) is 0 Å². The van der Waals surface area contributed by atoms with Gasteiger partial charge in [-0.05, 0) is 29.7 Å². The van der Waals surface area contributed by atoms with Gasteiger partial charge in [0.25, 0.3) is 5.91 Å². The highest BCUT2D eigenvalue weighted by Crippen LogP contribution is 2.26. The minimum absolute atomic E-state index is 0.0904. The van der Waals surface area contributed by atoms with Crippen LogP contribution >= 0.6 is 0 Å². The SMILES string of the molecule is C=C(C(=O)NO)c1cccc(Cc2cccc(C#N)c2)c1N. The van der Waals surface area contributed by atoms with E-state index in [9.17, 15) is 4.79 Å². The summed E-state index contributed by atoms with van der Waals surface area (Å²) in [5.74, 6) is -0.699. The molecule has 0 spiro atoms. The second kappa shape index (κ2) is 6.57. The molecule has 2 aromatic carbocycles. The zero-order valence-electron chi connectivity index (χ0n) is 11.8. The van der Waals surface area contributed by atoms with Gasteiger partial charge in [0.2, 0.25) is 0 Å². The summed E-state index contributed by atoms with van der Waals surface area (Å²) < 4.78 is 0. The van der Waals surface area contributed by atoms with Crippen molar-refractivity contribution in [2.75, 3.05) is 5.73 Å². The first kappa shape index (κ1) is 15.3. The van der Waals surface area contributed by atoms with E-state index in [4.69, 9.17) is 16.2 Å². The van der Waals surface area contributed by atoms with Gasteiger partial charge in [-0.25, -0.2) is 5.48 Å². The highest BCUT2D eigenvalue weighted by Gasteiger charge is 2.14. The Balaban J connectivity index is 2.35. The number of carbonyl (C=O) groups is 1. The molecule has 5 nitrogen and oxygen atoms in total. The first-order valence-electron chi connectivity index (χ1n) is 6.57. The van der Waals surface area contributed by atoms with E-state index >= 15 is 0 Å². The lowest BCUT2D eigenvalue weighted by Crippen LogP contribution is -2.20. The Morgan fingerprint density at radius 1 is 1.32 bits per heavy atom. The Kier molecular flexibility index (Phi) is 4.57. The quantitative estimate of drug-likeness (QED) is 0.348. The van der Waals surface area contributed by atoms with Crippen molar-refractivity contribution >= 4 is 17.2 Å². The summed E-state index contributed by atoms with van der Waals surface area (Å²) in [5.41, 5.74) is 11.0. The van der Waals surface area contributed by atoms with Crippen LogP contribution < -0.4 is 11.2 Å². The Labute approximate surface area is 128 Å². The van der Waals surface area contributed by atoms with E-state index in [0.717, 1.165) is 11.1 Å². The molecule has 0 aliphatic heterocycles. The summed E-state index contributed by atoms with van der Waals surface area (Å²) >= 11 is 0. The molecular weight excluding hydrogens is 278 g/mol. The van der Waals surface area contributed by atoms with Crippen LogP contribution in [-0.2, 0) is 11.2 Å². The Morgan fingerprint density at radius 2 is 2.05 bits per heavy atom. The van der Waals surface area contributed by atoms with Crippen LogP contribution in [0.1, 0.15) is 22.3 Å². The number of nitrogens with zero attached hydrogens (tertiary/aromatic N) is 1. The molecule has 0 saturated carbocycles. The third-order valence-corrected chi connectivity index (χ3v) is 3.35. The average molecular weight is 293 g/mol. The second-order valence-corrected chi connectivity index (χ2v) is 4.79.